The molecule has 1 amide bonds. The number of halogens is 2. The molecule has 0 saturated carbocycles. The highest BCUT2D eigenvalue weighted by molar-refractivity contribution is 6.31. The minimum atomic E-state index is -1.95. The van der Waals surface area contributed by atoms with Gasteiger partial charge in [-0.1, -0.05) is 29.3 Å². The summed E-state index contributed by atoms with van der Waals surface area (Å²) in [5.41, 5.74) is 1.09. The molecule has 0 N–H and O–H groups in total. The van der Waals surface area contributed by atoms with Crippen molar-refractivity contribution in [2.24, 2.45) is 0 Å². The highest BCUT2D eigenvalue weighted by Crippen LogP contribution is 2.29. The van der Waals surface area contributed by atoms with Gasteiger partial charge in [-0.05, 0) is 31.4 Å². The van der Waals surface area contributed by atoms with E-state index in [9.17, 15) is 9.18 Å². The third kappa shape index (κ3) is 2.05. The first-order chi connectivity index (χ1) is 7.59. The molecule has 0 radical (unpaired) electrons. The molecule has 16 heavy (non-hydrogen) atoms. The largest absolute Gasteiger partial charge is 0.309 e. The summed E-state index contributed by atoms with van der Waals surface area (Å²) in [5, 5.41) is 0. The molecule has 0 saturated heterocycles. The lowest BCUT2D eigenvalue weighted by atomic mass is 9.99. The van der Waals surface area contributed by atoms with Crippen LogP contribution in [-0.4, -0.2) is 18.1 Å². The molecule has 0 aromatic heterocycles. The average molecular weight is 242 g/mol. The number of carbonyl (C=O) groups is 1. The topological polar surface area (TPSA) is 20.3 Å². The van der Waals surface area contributed by atoms with Gasteiger partial charge in [0, 0.05) is 12.2 Å². The van der Waals surface area contributed by atoms with Crippen LogP contribution in [0.4, 0.5) is 10.1 Å². The summed E-state index contributed by atoms with van der Waals surface area (Å²) in [6, 6.07) is 5.82. The van der Waals surface area contributed by atoms with Crippen molar-refractivity contribution >= 4 is 23.2 Å². The summed E-state index contributed by atoms with van der Waals surface area (Å²) in [7, 11) is 0. The SMILES string of the molecule is Cc1ccc2c(c1)CCCN2C(=O)C(F)Cl. The van der Waals surface area contributed by atoms with Gasteiger partial charge in [-0.3, -0.25) is 4.79 Å². The van der Waals surface area contributed by atoms with Gasteiger partial charge in [-0.2, -0.15) is 0 Å². The van der Waals surface area contributed by atoms with Crippen LogP contribution in [0.2, 0.25) is 0 Å². The molecular weight excluding hydrogens is 229 g/mol. The lowest BCUT2D eigenvalue weighted by Gasteiger charge is -2.29. The van der Waals surface area contributed by atoms with E-state index in [4.69, 9.17) is 11.6 Å². The second-order valence-corrected chi connectivity index (χ2v) is 4.41. The number of nitrogens with zero attached hydrogens (tertiary/aromatic N) is 1. The second kappa shape index (κ2) is 4.42. The maximum atomic E-state index is 12.8. The molecule has 0 bridgehead atoms. The Labute approximate surface area is 99.0 Å². The molecule has 1 atom stereocenters. The molecule has 0 spiro atoms. The van der Waals surface area contributed by atoms with Gasteiger partial charge in [0.15, 0.2) is 0 Å². The molecule has 2 nitrogen and oxygen atoms in total. The molecule has 0 fully saturated rings. The number of anilines is 1. The van der Waals surface area contributed by atoms with Gasteiger partial charge >= 0.3 is 0 Å². The molecule has 1 aromatic rings. The first-order valence-corrected chi connectivity index (χ1v) is 5.72. The Morgan fingerprint density at radius 1 is 1.56 bits per heavy atom. The van der Waals surface area contributed by atoms with E-state index in [1.807, 2.05) is 25.1 Å². The minimum absolute atomic E-state index is 0.544. The first kappa shape index (κ1) is 11.4. The maximum absolute atomic E-state index is 12.8. The fourth-order valence-electron chi connectivity index (χ4n) is 2.07. The van der Waals surface area contributed by atoms with Crippen molar-refractivity contribution < 1.29 is 9.18 Å². The Hall–Kier alpha value is -1.09. The van der Waals surface area contributed by atoms with Gasteiger partial charge in [0.2, 0.25) is 0 Å². The fraction of sp³-hybridized carbons (Fsp3) is 0.417. The van der Waals surface area contributed by atoms with Crippen molar-refractivity contribution in [3.63, 3.8) is 0 Å². The van der Waals surface area contributed by atoms with Crippen LogP contribution in [0.15, 0.2) is 18.2 Å². The first-order valence-electron chi connectivity index (χ1n) is 5.28. The zero-order valence-corrected chi connectivity index (χ0v) is 9.80. The van der Waals surface area contributed by atoms with Crippen LogP contribution in [0.1, 0.15) is 17.5 Å². The lowest BCUT2D eigenvalue weighted by molar-refractivity contribution is -0.120. The smallest absolute Gasteiger partial charge is 0.277 e. The minimum Gasteiger partial charge on any atom is -0.309 e. The monoisotopic (exact) mass is 241 g/mol. The number of hydrogen-bond acceptors (Lipinski definition) is 1. The van der Waals surface area contributed by atoms with Gasteiger partial charge in [0.25, 0.3) is 11.5 Å². The Balaban J connectivity index is 2.37. The molecular formula is C12H13ClFNO. The quantitative estimate of drug-likeness (QED) is 0.693. The van der Waals surface area contributed by atoms with Crippen LogP contribution in [0.3, 0.4) is 0 Å². The summed E-state index contributed by atoms with van der Waals surface area (Å²) in [5.74, 6) is -0.661. The predicted molar refractivity (Wildman–Crippen MR) is 62.6 cm³/mol. The second-order valence-electron chi connectivity index (χ2n) is 4.03. The molecule has 0 aliphatic carbocycles. The van der Waals surface area contributed by atoms with Crippen molar-refractivity contribution in [1.29, 1.82) is 0 Å². The number of benzene rings is 1. The summed E-state index contributed by atoms with van der Waals surface area (Å²) in [6.07, 6.45) is 1.78. The highest BCUT2D eigenvalue weighted by atomic mass is 35.5. The van der Waals surface area contributed by atoms with Gasteiger partial charge in [-0.25, -0.2) is 4.39 Å². The van der Waals surface area contributed by atoms with E-state index in [0.29, 0.717) is 6.54 Å². The number of fused-ring (bicyclic) bond motifs is 1. The zero-order chi connectivity index (χ0) is 11.7. The van der Waals surface area contributed by atoms with Crippen LogP contribution >= 0.6 is 11.6 Å². The highest BCUT2D eigenvalue weighted by Gasteiger charge is 2.27. The Bertz CT molecular complexity index is 419. The Morgan fingerprint density at radius 2 is 2.31 bits per heavy atom. The van der Waals surface area contributed by atoms with E-state index in [0.717, 1.165) is 29.7 Å². The molecule has 1 aromatic carbocycles. The number of aryl methyl sites for hydroxylation is 2. The van der Waals surface area contributed by atoms with E-state index in [2.05, 4.69) is 0 Å². The fourth-order valence-corrected chi connectivity index (χ4v) is 2.19. The number of carbonyl (C=O) groups excluding carboxylic acids is 1. The Morgan fingerprint density at radius 3 is 3.00 bits per heavy atom. The van der Waals surface area contributed by atoms with Crippen LogP contribution in [0.25, 0.3) is 0 Å². The summed E-state index contributed by atoms with van der Waals surface area (Å²) >= 11 is 5.20. The van der Waals surface area contributed by atoms with Gasteiger partial charge in [0.05, 0.1) is 0 Å². The van der Waals surface area contributed by atoms with Crippen LogP contribution in [0.5, 0.6) is 0 Å². The van der Waals surface area contributed by atoms with Crippen LogP contribution < -0.4 is 4.90 Å². The molecule has 4 heteroatoms. The van der Waals surface area contributed by atoms with E-state index >= 15 is 0 Å². The number of amides is 1. The van der Waals surface area contributed by atoms with Crippen molar-refractivity contribution in [3.8, 4) is 0 Å². The molecule has 2 rings (SSSR count). The zero-order valence-electron chi connectivity index (χ0n) is 9.04. The Kier molecular flexibility index (Phi) is 3.15. The van der Waals surface area contributed by atoms with Crippen LogP contribution in [0, 0.1) is 6.92 Å². The van der Waals surface area contributed by atoms with E-state index in [-0.39, 0.29) is 0 Å². The van der Waals surface area contributed by atoms with E-state index in [1.54, 1.807) is 0 Å². The normalized spacial score (nSPS) is 16.8. The number of rotatable bonds is 1. The van der Waals surface area contributed by atoms with Crippen LogP contribution in [-0.2, 0) is 11.2 Å². The van der Waals surface area contributed by atoms with Crippen molar-refractivity contribution in [2.75, 3.05) is 11.4 Å². The van der Waals surface area contributed by atoms with E-state index < -0.39 is 11.5 Å². The van der Waals surface area contributed by atoms with Crippen molar-refractivity contribution in [3.05, 3.63) is 29.3 Å². The summed E-state index contributed by atoms with van der Waals surface area (Å²) < 4.78 is 12.8. The van der Waals surface area contributed by atoms with Gasteiger partial charge in [0.1, 0.15) is 0 Å². The number of hydrogen-bond donors (Lipinski definition) is 0. The summed E-state index contributed by atoms with van der Waals surface area (Å²) in [4.78, 5) is 13.0. The molecule has 1 aliphatic heterocycles. The van der Waals surface area contributed by atoms with Gasteiger partial charge in [-0.15, -0.1) is 0 Å². The molecule has 1 aliphatic rings. The third-order valence-corrected chi connectivity index (χ3v) is 2.99. The maximum Gasteiger partial charge on any atom is 0.277 e. The lowest BCUT2D eigenvalue weighted by Crippen LogP contribution is -2.39. The van der Waals surface area contributed by atoms with Crippen molar-refractivity contribution in [2.45, 2.75) is 25.4 Å². The molecule has 86 valence electrons. The predicted octanol–water partition coefficient (Wildman–Crippen LogP) is 2.81. The van der Waals surface area contributed by atoms with Gasteiger partial charge < -0.3 is 4.90 Å². The van der Waals surface area contributed by atoms with E-state index in [1.165, 1.54) is 4.90 Å². The summed E-state index contributed by atoms with van der Waals surface area (Å²) in [6.45, 7) is 2.54. The van der Waals surface area contributed by atoms with Crippen molar-refractivity contribution in [1.82, 2.24) is 0 Å². The standard InChI is InChI=1S/C12H13ClFNO/c1-8-4-5-10-9(7-8)3-2-6-15(10)12(16)11(13)14/h4-5,7,11H,2-3,6H2,1H3. The molecule has 1 unspecified atom stereocenters. The number of alkyl halides is 2. The average Bonchev–Trinajstić information content (AvgIpc) is 2.26. The third-order valence-electron chi connectivity index (χ3n) is 2.81. The molecule has 1 heterocycles.